The molecule has 110 valence electrons. The predicted molar refractivity (Wildman–Crippen MR) is 75.5 cm³/mol. The fourth-order valence-corrected chi connectivity index (χ4v) is 1.83. The molecule has 21 heavy (non-hydrogen) atoms. The van der Waals surface area contributed by atoms with Gasteiger partial charge in [0.15, 0.2) is 0 Å². The Bertz CT molecular complexity index is 651. The Morgan fingerprint density at radius 2 is 2.24 bits per heavy atom. The van der Waals surface area contributed by atoms with Crippen molar-refractivity contribution >= 4 is 17.6 Å². The van der Waals surface area contributed by atoms with Crippen LogP contribution < -0.4 is 5.32 Å². The lowest BCUT2D eigenvalue weighted by Crippen LogP contribution is -2.18. The third-order valence-corrected chi connectivity index (χ3v) is 2.84. The van der Waals surface area contributed by atoms with E-state index in [-0.39, 0.29) is 11.6 Å². The van der Waals surface area contributed by atoms with Crippen LogP contribution in [0.5, 0.6) is 0 Å². The molecule has 2 aromatic heterocycles. The smallest absolute Gasteiger partial charge is 0.354 e. The molecule has 0 saturated carbocycles. The zero-order valence-corrected chi connectivity index (χ0v) is 11.4. The van der Waals surface area contributed by atoms with Crippen LogP contribution in [-0.2, 0) is 11.3 Å². The highest BCUT2D eigenvalue weighted by atomic mass is 16.5. The van der Waals surface area contributed by atoms with Crippen LogP contribution in [0.15, 0.2) is 36.7 Å². The number of pyridine rings is 1. The van der Waals surface area contributed by atoms with Crippen molar-refractivity contribution in [3.63, 3.8) is 0 Å². The maximum absolute atomic E-state index is 12.2. The average Bonchev–Trinajstić information content (AvgIpc) is 2.93. The summed E-state index contributed by atoms with van der Waals surface area (Å²) >= 11 is 0. The molecular formula is C14H15N3O4. The first kappa shape index (κ1) is 14.7. The highest BCUT2D eigenvalue weighted by Gasteiger charge is 2.12. The molecule has 1 amide bonds. The number of nitrogens with zero attached hydrogens (tertiary/aromatic N) is 2. The SMILES string of the molecule is COCCn1cccc1C(=O)Nc1ccnc(C(=O)O)c1. The van der Waals surface area contributed by atoms with Crippen molar-refractivity contribution in [1.29, 1.82) is 0 Å². The number of carbonyl (C=O) groups excluding carboxylic acids is 1. The van der Waals surface area contributed by atoms with Gasteiger partial charge in [0.05, 0.1) is 6.61 Å². The number of methoxy groups -OCH3 is 1. The summed E-state index contributed by atoms with van der Waals surface area (Å²) < 4.78 is 6.75. The van der Waals surface area contributed by atoms with Crippen molar-refractivity contribution in [2.24, 2.45) is 0 Å². The van der Waals surface area contributed by atoms with Crippen LogP contribution in [0.3, 0.4) is 0 Å². The van der Waals surface area contributed by atoms with E-state index in [1.54, 1.807) is 30.0 Å². The lowest BCUT2D eigenvalue weighted by Gasteiger charge is -2.09. The maximum Gasteiger partial charge on any atom is 0.354 e. The number of hydrogen-bond donors (Lipinski definition) is 2. The normalized spacial score (nSPS) is 10.3. The standard InChI is InChI=1S/C14H15N3O4/c1-21-8-7-17-6-2-3-12(17)13(18)16-10-4-5-15-11(9-10)14(19)20/h2-6,9H,7-8H2,1H3,(H,19,20)(H,15,16,18). The maximum atomic E-state index is 12.2. The first-order chi connectivity index (χ1) is 10.1. The Morgan fingerprint density at radius 3 is 2.95 bits per heavy atom. The van der Waals surface area contributed by atoms with Gasteiger partial charge in [-0.2, -0.15) is 0 Å². The molecule has 0 aliphatic heterocycles. The number of carboxylic acid groups (broad SMARTS) is 1. The summed E-state index contributed by atoms with van der Waals surface area (Å²) in [7, 11) is 1.59. The van der Waals surface area contributed by atoms with Gasteiger partial charge in [0, 0.05) is 31.7 Å². The monoisotopic (exact) mass is 289 g/mol. The summed E-state index contributed by atoms with van der Waals surface area (Å²) in [6.07, 6.45) is 3.12. The van der Waals surface area contributed by atoms with E-state index in [4.69, 9.17) is 9.84 Å². The second-order valence-electron chi connectivity index (χ2n) is 4.27. The van der Waals surface area contributed by atoms with Crippen LogP contribution in [0.25, 0.3) is 0 Å². The second kappa shape index (κ2) is 6.67. The minimum absolute atomic E-state index is 0.123. The van der Waals surface area contributed by atoms with Crippen molar-refractivity contribution in [3.05, 3.63) is 48.0 Å². The molecule has 2 aromatic rings. The molecule has 0 bridgehead atoms. The van der Waals surface area contributed by atoms with Gasteiger partial charge in [0.1, 0.15) is 11.4 Å². The summed E-state index contributed by atoms with van der Waals surface area (Å²) in [4.78, 5) is 26.7. The lowest BCUT2D eigenvalue weighted by molar-refractivity contribution is 0.0690. The highest BCUT2D eigenvalue weighted by molar-refractivity contribution is 6.03. The van der Waals surface area contributed by atoms with Crippen molar-refractivity contribution in [2.75, 3.05) is 19.0 Å². The lowest BCUT2D eigenvalue weighted by atomic mass is 10.3. The minimum Gasteiger partial charge on any atom is -0.477 e. The Hall–Kier alpha value is -2.67. The number of carbonyl (C=O) groups is 2. The molecule has 0 aliphatic carbocycles. The van der Waals surface area contributed by atoms with E-state index < -0.39 is 5.97 Å². The quantitative estimate of drug-likeness (QED) is 0.840. The van der Waals surface area contributed by atoms with Gasteiger partial charge in [0.25, 0.3) is 5.91 Å². The molecule has 0 radical (unpaired) electrons. The zero-order valence-electron chi connectivity index (χ0n) is 11.4. The van der Waals surface area contributed by atoms with Crippen LogP contribution in [0.1, 0.15) is 21.0 Å². The number of rotatable bonds is 6. The first-order valence-electron chi connectivity index (χ1n) is 6.26. The van der Waals surface area contributed by atoms with Crippen molar-refractivity contribution in [2.45, 2.75) is 6.54 Å². The third-order valence-electron chi connectivity index (χ3n) is 2.84. The Balaban J connectivity index is 2.13. The highest BCUT2D eigenvalue weighted by Crippen LogP contribution is 2.11. The molecule has 2 heterocycles. The molecule has 0 fully saturated rings. The molecule has 7 nitrogen and oxygen atoms in total. The molecule has 0 aliphatic rings. The summed E-state index contributed by atoms with van der Waals surface area (Å²) in [6.45, 7) is 1.05. The van der Waals surface area contributed by atoms with Crippen LogP contribution in [0.2, 0.25) is 0 Å². The van der Waals surface area contributed by atoms with Crippen molar-refractivity contribution in [1.82, 2.24) is 9.55 Å². The number of carboxylic acids is 1. The molecule has 0 saturated heterocycles. The first-order valence-corrected chi connectivity index (χ1v) is 6.26. The van der Waals surface area contributed by atoms with E-state index in [1.165, 1.54) is 18.3 Å². The summed E-state index contributed by atoms with van der Waals surface area (Å²) in [6, 6.07) is 6.29. The number of ether oxygens (including phenoxy) is 1. The molecule has 0 spiro atoms. The number of hydrogen-bond acceptors (Lipinski definition) is 4. The van der Waals surface area contributed by atoms with Gasteiger partial charge in [-0.3, -0.25) is 4.79 Å². The van der Waals surface area contributed by atoms with Crippen molar-refractivity contribution < 1.29 is 19.4 Å². The molecule has 2 N–H and O–H groups in total. The van der Waals surface area contributed by atoms with Crippen LogP contribution in [0.4, 0.5) is 5.69 Å². The average molecular weight is 289 g/mol. The minimum atomic E-state index is -1.14. The van der Waals surface area contributed by atoms with Gasteiger partial charge in [0.2, 0.25) is 0 Å². The Morgan fingerprint density at radius 1 is 1.43 bits per heavy atom. The fraction of sp³-hybridized carbons (Fsp3) is 0.214. The van der Waals surface area contributed by atoms with Gasteiger partial charge >= 0.3 is 5.97 Å². The molecular weight excluding hydrogens is 274 g/mol. The predicted octanol–water partition coefficient (Wildman–Crippen LogP) is 1.48. The van der Waals surface area contributed by atoms with E-state index in [2.05, 4.69) is 10.3 Å². The van der Waals surface area contributed by atoms with Gasteiger partial charge in [-0.15, -0.1) is 0 Å². The van der Waals surface area contributed by atoms with Crippen LogP contribution >= 0.6 is 0 Å². The molecule has 2 rings (SSSR count). The van der Waals surface area contributed by atoms with Gasteiger partial charge in [-0.05, 0) is 24.3 Å². The number of amides is 1. The Kier molecular flexibility index (Phi) is 4.68. The van der Waals surface area contributed by atoms with E-state index in [0.717, 1.165) is 0 Å². The number of aromatic carboxylic acids is 1. The molecule has 0 aromatic carbocycles. The molecule has 0 atom stereocenters. The van der Waals surface area contributed by atoms with E-state index in [9.17, 15) is 9.59 Å². The fourth-order valence-electron chi connectivity index (χ4n) is 1.83. The van der Waals surface area contributed by atoms with E-state index in [0.29, 0.717) is 24.5 Å². The number of aromatic nitrogens is 2. The van der Waals surface area contributed by atoms with Gasteiger partial charge in [-0.25, -0.2) is 9.78 Å². The number of anilines is 1. The topological polar surface area (TPSA) is 93.5 Å². The molecule has 7 heteroatoms. The van der Waals surface area contributed by atoms with E-state index >= 15 is 0 Å². The summed E-state index contributed by atoms with van der Waals surface area (Å²) in [5, 5.41) is 11.5. The van der Waals surface area contributed by atoms with Crippen LogP contribution in [-0.4, -0.2) is 40.3 Å². The zero-order chi connectivity index (χ0) is 15.2. The largest absolute Gasteiger partial charge is 0.477 e. The summed E-state index contributed by atoms with van der Waals surface area (Å²) in [5.74, 6) is -1.46. The van der Waals surface area contributed by atoms with Gasteiger partial charge < -0.3 is 19.7 Å². The number of nitrogens with one attached hydrogen (secondary N) is 1. The second-order valence-corrected chi connectivity index (χ2v) is 4.27. The molecule has 0 unspecified atom stereocenters. The Labute approximate surface area is 121 Å². The van der Waals surface area contributed by atoms with Gasteiger partial charge in [-0.1, -0.05) is 0 Å². The van der Waals surface area contributed by atoms with Crippen LogP contribution in [0, 0.1) is 0 Å². The third kappa shape index (κ3) is 3.67. The van der Waals surface area contributed by atoms with E-state index in [1.807, 2.05) is 0 Å². The van der Waals surface area contributed by atoms with Crippen molar-refractivity contribution in [3.8, 4) is 0 Å². The summed E-state index contributed by atoms with van der Waals surface area (Å²) in [5.41, 5.74) is 0.732.